The van der Waals surface area contributed by atoms with Crippen molar-refractivity contribution in [3.05, 3.63) is 76.9 Å². The third-order valence-electron chi connectivity index (χ3n) is 3.79. The Kier molecular flexibility index (Phi) is 6.52. The van der Waals surface area contributed by atoms with Gasteiger partial charge in [-0.1, -0.05) is 59.7 Å². The van der Waals surface area contributed by atoms with Gasteiger partial charge in [-0.2, -0.15) is 0 Å². The summed E-state index contributed by atoms with van der Waals surface area (Å²) in [6, 6.07) is 15.7. The van der Waals surface area contributed by atoms with Crippen LogP contribution in [-0.4, -0.2) is 30.4 Å². The van der Waals surface area contributed by atoms with E-state index in [9.17, 15) is 9.59 Å². The van der Waals surface area contributed by atoms with E-state index in [1.807, 2.05) is 62.4 Å². The van der Waals surface area contributed by atoms with Crippen LogP contribution in [0.5, 0.6) is 0 Å². The molecule has 4 nitrogen and oxygen atoms in total. The van der Waals surface area contributed by atoms with Gasteiger partial charge in [0, 0.05) is 19.7 Å². The van der Waals surface area contributed by atoms with E-state index < -0.39 is 5.97 Å². The van der Waals surface area contributed by atoms with Crippen molar-refractivity contribution in [2.24, 2.45) is 0 Å². The van der Waals surface area contributed by atoms with Gasteiger partial charge >= 0.3 is 5.97 Å². The zero-order valence-corrected chi connectivity index (χ0v) is 14.9. The van der Waals surface area contributed by atoms with Crippen LogP contribution in [0.1, 0.15) is 22.3 Å². The van der Waals surface area contributed by atoms with E-state index in [-0.39, 0.29) is 12.5 Å². The number of likely N-dealkylation sites (N-methyl/N-ethyl adjacent to an activating group) is 1. The highest BCUT2D eigenvalue weighted by Gasteiger charge is 2.11. The summed E-state index contributed by atoms with van der Waals surface area (Å²) in [6.45, 7) is 4.23. The van der Waals surface area contributed by atoms with Gasteiger partial charge < -0.3 is 9.64 Å². The first-order chi connectivity index (χ1) is 11.9. The van der Waals surface area contributed by atoms with Crippen LogP contribution in [-0.2, 0) is 20.9 Å². The fraction of sp³-hybridized carbons (Fsp3) is 0.238. The summed E-state index contributed by atoms with van der Waals surface area (Å²) in [6.07, 6.45) is 3.00. The summed E-state index contributed by atoms with van der Waals surface area (Å²) in [5, 5.41) is 0. The fourth-order valence-corrected chi connectivity index (χ4v) is 2.19. The van der Waals surface area contributed by atoms with E-state index in [1.54, 1.807) is 18.0 Å². The Hall–Kier alpha value is -2.88. The average molecular weight is 337 g/mol. The second-order valence-corrected chi connectivity index (χ2v) is 6.09. The summed E-state index contributed by atoms with van der Waals surface area (Å²) < 4.78 is 5.01. The lowest BCUT2D eigenvalue weighted by Gasteiger charge is -2.17. The number of amides is 1. The van der Waals surface area contributed by atoms with Crippen molar-refractivity contribution in [3.8, 4) is 0 Å². The molecule has 0 aliphatic heterocycles. The second-order valence-electron chi connectivity index (χ2n) is 6.09. The number of nitrogens with zero attached hydrogens (tertiary/aromatic N) is 1. The van der Waals surface area contributed by atoms with Crippen molar-refractivity contribution in [1.82, 2.24) is 4.90 Å². The molecular weight excluding hydrogens is 314 g/mol. The first-order valence-corrected chi connectivity index (χ1v) is 8.15. The number of rotatable bonds is 6. The molecule has 0 radical (unpaired) electrons. The molecule has 0 bridgehead atoms. The Bertz CT molecular complexity index is 746. The lowest BCUT2D eigenvalue weighted by atomic mass is 10.1. The third kappa shape index (κ3) is 6.26. The van der Waals surface area contributed by atoms with Gasteiger partial charge in [0.25, 0.3) is 5.91 Å². The number of benzene rings is 2. The molecule has 2 aromatic carbocycles. The Morgan fingerprint density at radius 3 is 2.12 bits per heavy atom. The Morgan fingerprint density at radius 1 is 0.960 bits per heavy atom. The highest BCUT2D eigenvalue weighted by molar-refractivity contribution is 5.89. The van der Waals surface area contributed by atoms with Crippen LogP contribution >= 0.6 is 0 Å². The number of esters is 1. The van der Waals surface area contributed by atoms with E-state index >= 15 is 0 Å². The Balaban J connectivity index is 1.79. The van der Waals surface area contributed by atoms with Crippen molar-refractivity contribution in [3.63, 3.8) is 0 Å². The minimum atomic E-state index is -0.530. The van der Waals surface area contributed by atoms with Crippen molar-refractivity contribution < 1.29 is 14.3 Å². The zero-order valence-electron chi connectivity index (χ0n) is 14.9. The molecule has 0 aliphatic carbocycles. The lowest BCUT2D eigenvalue weighted by Crippen LogP contribution is -2.30. The highest BCUT2D eigenvalue weighted by Crippen LogP contribution is 2.07. The minimum Gasteiger partial charge on any atom is -0.452 e. The predicted molar refractivity (Wildman–Crippen MR) is 98.8 cm³/mol. The summed E-state index contributed by atoms with van der Waals surface area (Å²) in [4.78, 5) is 25.3. The van der Waals surface area contributed by atoms with Gasteiger partial charge in [0.05, 0.1) is 0 Å². The van der Waals surface area contributed by atoms with Crippen molar-refractivity contribution >= 4 is 18.0 Å². The van der Waals surface area contributed by atoms with E-state index in [1.165, 1.54) is 11.6 Å². The molecule has 2 rings (SSSR count). The molecule has 0 saturated carbocycles. The van der Waals surface area contributed by atoms with Crippen LogP contribution in [0.2, 0.25) is 0 Å². The quantitative estimate of drug-likeness (QED) is 0.598. The fourth-order valence-electron chi connectivity index (χ4n) is 2.19. The van der Waals surface area contributed by atoms with Crippen LogP contribution in [0.4, 0.5) is 0 Å². The molecule has 130 valence electrons. The summed E-state index contributed by atoms with van der Waals surface area (Å²) in [7, 11) is 1.69. The van der Waals surface area contributed by atoms with Gasteiger partial charge in [-0.25, -0.2) is 4.79 Å². The molecule has 0 heterocycles. The van der Waals surface area contributed by atoms with Gasteiger partial charge in [0.1, 0.15) is 0 Å². The van der Waals surface area contributed by atoms with Gasteiger partial charge in [0.2, 0.25) is 0 Å². The highest BCUT2D eigenvalue weighted by atomic mass is 16.5. The first kappa shape index (κ1) is 18.5. The molecule has 0 spiro atoms. The minimum absolute atomic E-state index is 0.238. The predicted octanol–water partition coefficient (Wildman–Crippen LogP) is 3.52. The van der Waals surface area contributed by atoms with Crippen molar-refractivity contribution in [1.29, 1.82) is 0 Å². The molecular formula is C21H23NO3. The summed E-state index contributed by atoms with van der Waals surface area (Å²) in [5.74, 6) is -0.768. The monoisotopic (exact) mass is 337 g/mol. The molecule has 0 unspecified atom stereocenters. The van der Waals surface area contributed by atoms with Crippen molar-refractivity contribution in [2.45, 2.75) is 20.4 Å². The molecule has 0 atom stereocenters. The number of hydrogen-bond donors (Lipinski definition) is 0. The van der Waals surface area contributed by atoms with E-state index in [4.69, 9.17) is 4.74 Å². The third-order valence-corrected chi connectivity index (χ3v) is 3.79. The second kappa shape index (κ2) is 8.83. The molecule has 0 aromatic heterocycles. The smallest absolute Gasteiger partial charge is 0.331 e. The average Bonchev–Trinajstić information content (AvgIpc) is 2.61. The molecule has 0 fully saturated rings. The van der Waals surface area contributed by atoms with Gasteiger partial charge in [-0.05, 0) is 31.1 Å². The number of carbonyl (C=O) groups is 2. The van der Waals surface area contributed by atoms with Crippen LogP contribution in [0.15, 0.2) is 54.6 Å². The topological polar surface area (TPSA) is 46.6 Å². The molecule has 0 aliphatic rings. The normalized spacial score (nSPS) is 10.7. The lowest BCUT2D eigenvalue weighted by molar-refractivity contribution is -0.147. The van der Waals surface area contributed by atoms with Crippen LogP contribution in [0, 0.1) is 13.8 Å². The maximum atomic E-state index is 12.1. The Labute approximate surface area is 148 Å². The number of hydrogen-bond acceptors (Lipinski definition) is 3. The number of aryl methyl sites for hydroxylation is 2. The van der Waals surface area contributed by atoms with Gasteiger partial charge in [-0.15, -0.1) is 0 Å². The summed E-state index contributed by atoms with van der Waals surface area (Å²) >= 11 is 0. The van der Waals surface area contributed by atoms with Crippen molar-refractivity contribution in [2.75, 3.05) is 13.7 Å². The van der Waals surface area contributed by atoms with Crippen LogP contribution in [0.25, 0.3) is 6.08 Å². The molecule has 4 heteroatoms. The zero-order chi connectivity index (χ0) is 18.2. The van der Waals surface area contributed by atoms with Crippen LogP contribution in [0.3, 0.4) is 0 Å². The van der Waals surface area contributed by atoms with Gasteiger partial charge in [0.15, 0.2) is 6.61 Å². The maximum absolute atomic E-state index is 12.1. The number of carbonyl (C=O) groups excluding carboxylic acids is 2. The van der Waals surface area contributed by atoms with E-state index in [0.717, 1.165) is 16.7 Å². The molecule has 0 N–H and O–H groups in total. The number of ether oxygens (including phenoxy) is 1. The van der Waals surface area contributed by atoms with Gasteiger partial charge in [-0.3, -0.25) is 4.79 Å². The molecule has 1 amide bonds. The van der Waals surface area contributed by atoms with E-state index in [2.05, 4.69) is 0 Å². The maximum Gasteiger partial charge on any atom is 0.331 e. The van der Waals surface area contributed by atoms with E-state index in [0.29, 0.717) is 6.54 Å². The SMILES string of the molecule is Cc1ccc(/C=C/C(=O)OCC(=O)N(C)Cc2ccc(C)cc2)cc1. The molecule has 25 heavy (non-hydrogen) atoms. The van der Waals surface area contributed by atoms with Crippen LogP contribution < -0.4 is 0 Å². The molecule has 2 aromatic rings. The standard InChI is InChI=1S/C21H23NO3/c1-16-4-8-18(9-5-16)12-13-21(24)25-15-20(23)22(3)14-19-10-6-17(2)7-11-19/h4-13H,14-15H2,1-3H3/b13-12+. The largest absolute Gasteiger partial charge is 0.452 e. The first-order valence-electron chi connectivity index (χ1n) is 8.15. The summed E-state index contributed by atoms with van der Waals surface area (Å²) in [5.41, 5.74) is 4.27. The molecule has 0 saturated heterocycles. The Morgan fingerprint density at radius 2 is 1.52 bits per heavy atom.